The van der Waals surface area contributed by atoms with E-state index in [1.807, 2.05) is 14.1 Å². The Balaban J connectivity index is 1.76. The van der Waals surface area contributed by atoms with Gasteiger partial charge in [0.15, 0.2) is 0 Å². The predicted molar refractivity (Wildman–Crippen MR) is 87.7 cm³/mol. The first-order valence-corrected chi connectivity index (χ1v) is 7.43. The summed E-state index contributed by atoms with van der Waals surface area (Å²) in [7, 11) is 4.07. The largest absolute Gasteiger partial charge is 0.379 e. The van der Waals surface area contributed by atoms with Crippen LogP contribution in [0.25, 0.3) is 0 Å². The summed E-state index contributed by atoms with van der Waals surface area (Å²) in [6.07, 6.45) is 0. The summed E-state index contributed by atoms with van der Waals surface area (Å²) in [5.41, 5.74) is 2.26. The molecular formula is C15H23N3OS. The van der Waals surface area contributed by atoms with Crippen molar-refractivity contribution in [2.24, 2.45) is 0 Å². The zero-order valence-electron chi connectivity index (χ0n) is 12.3. The van der Waals surface area contributed by atoms with Gasteiger partial charge in [0.2, 0.25) is 0 Å². The van der Waals surface area contributed by atoms with Crippen LogP contribution in [0.3, 0.4) is 0 Å². The first kappa shape index (κ1) is 15.2. The fourth-order valence-corrected chi connectivity index (χ4v) is 2.40. The average molecular weight is 293 g/mol. The lowest BCUT2D eigenvalue weighted by Gasteiger charge is -2.26. The van der Waals surface area contributed by atoms with Crippen LogP contribution in [0.1, 0.15) is 5.56 Å². The van der Waals surface area contributed by atoms with E-state index >= 15 is 0 Å². The van der Waals surface area contributed by atoms with Gasteiger partial charge in [-0.3, -0.25) is 4.90 Å². The number of anilines is 1. The fraction of sp³-hybridized carbons (Fsp3) is 0.533. The molecule has 1 saturated heterocycles. The van der Waals surface area contributed by atoms with Crippen molar-refractivity contribution in [1.29, 1.82) is 0 Å². The van der Waals surface area contributed by atoms with Crippen LogP contribution in [0.2, 0.25) is 0 Å². The maximum absolute atomic E-state index is 5.43. The summed E-state index contributed by atoms with van der Waals surface area (Å²) in [5, 5.41) is 3.33. The van der Waals surface area contributed by atoms with Gasteiger partial charge in [0.05, 0.1) is 13.2 Å². The zero-order chi connectivity index (χ0) is 14.4. The number of nitrogens with one attached hydrogen (secondary N) is 1. The lowest BCUT2D eigenvalue weighted by molar-refractivity contribution is 0.0389. The number of hydrogen-bond acceptors (Lipinski definition) is 4. The summed E-state index contributed by atoms with van der Waals surface area (Å²) in [6.45, 7) is 5.62. The molecule has 20 heavy (non-hydrogen) atoms. The van der Waals surface area contributed by atoms with Crippen molar-refractivity contribution in [3.8, 4) is 0 Å². The van der Waals surface area contributed by atoms with Crippen LogP contribution < -0.4 is 10.2 Å². The Kier molecular flexibility index (Phi) is 5.76. The van der Waals surface area contributed by atoms with E-state index in [2.05, 4.69) is 39.4 Å². The standard InChI is InChI=1S/C15H23N3OS/c1-17(2)14-5-3-13(4-6-14)15(20)16-7-8-18-9-11-19-12-10-18/h3-6H,7-12H2,1-2H3,(H,16,20). The van der Waals surface area contributed by atoms with Crippen molar-refractivity contribution in [2.45, 2.75) is 0 Å². The van der Waals surface area contributed by atoms with Gasteiger partial charge in [-0.1, -0.05) is 12.2 Å². The second-order valence-electron chi connectivity index (χ2n) is 5.15. The molecule has 1 aliphatic rings. The average Bonchev–Trinajstić information content (AvgIpc) is 2.48. The highest BCUT2D eigenvalue weighted by molar-refractivity contribution is 7.80. The second kappa shape index (κ2) is 7.57. The molecule has 1 aromatic rings. The molecule has 4 nitrogen and oxygen atoms in total. The topological polar surface area (TPSA) is 27.7 Å². The van der Waals surface area contributed by atoms with Crippen LogP contribution in [-0.4, -0.2) is 63.4 Å². The van der Waals surface area contributed by atoms with Crippen molar-refractivity contribution < 1.29 is 4.74 Å². The summed E-state index contributed by atoms with van der Waals surface area (Å²) in [5.74, 6) is 0. The van der Waals surface area contributed by atoms with E-state index in [0.717, 1.165) is 49.9 Å². The molecule has 1 N–H and O–H groups in total. The Morgan fingerprint density at radius 2 is 1.90 bits per heavy atom. The van der Waals surface area contributed by atoms with Gasteiger partial charge in [-0.05, 0) is 24.3 Å². The molecular weight excluding hydrogens is 270 g/mol. The molecule has 0 unspecified atom stereocenters. The summed E-state index contributed by atoms with van der Waals surface area (Å²) >= 11 is 5.43. The molecule has 0 bridgehead atoms. The van der Waals surface area contributed by atoms with Gasteiger partial charge in [-0.15, -0.1) is 0 Å². The maximum atomic E-state index is 5.43. The highest BCUT2D eigenvalue weighted by Gasteiger charge is 2.09. The molecule has 2 rings (SSSR count). The Morgan fingerprint density at radius 3 is 2.50 bits per heavy atom. The third-order valence-electron chi connectivity index (χ3n) is 3.46. The Hall–Kier alpha value is -1.17. The summed E-state index contributed by atoms with van der Waals surface area (Å²) < 4.78 is 5.34. The molecule has 0 radical (unpaired) electrons. The number of ether oxygens (including phenoxy) is 1. The number of benzene rings is 1. The lowest BCUT2D eigenvalue weighted by Crippen LogP contribution is -2.41. The number of morpholine rings is 1. The maximum Gasteiger partial charge on any atom is 0.106 e. The normalized spacial score (nSPS) is 15.9. The van der Waals surface area contributed by atoms with E-state index in [9.17, 15) is 0 Å². The van der Waals surface area contributed by atoms with Gasteiger partial charge in [0.1, 0.15) is 4.99 Å². The molecule has 0 aromatic heterocycles. The highest BCUT2D eigenvalue weighted by Crippen LogP contribution is 2.12. The minimum Gasteiger partial charge on any atom is -0.379 e. The molecule has 1 aliphatic heterocycles. The number of hydrogen-bond donors (Lipinski definition) is 1. The SMILES string of the molecule is CN(C)c1ccc(C(=S)NCCN2CCOCC2)cc1. The smallest absolute Gasteiger partial charge is 0.106 e. The van der Waals surface area contributed by atoms with Gasteiger partial charge >= 0.3 is 0 Å². The summed E-state index contributed by atoms with van der Waals surface area (Å²) in [4.78, 5) is 5.30. The molecule has 0 aliphatic carbocycles. The third-order valence-corrected chi connectivity index (χ3v) is 3.84. The highest BCUT2D eigenvalue weighted by atomic mass is 32.1. The molecule has 0 saturated carbocycles. The van der Waals surface area contributed by atoms with Crippen LogP contribution >= 0.6 is 12.2 Å². The molecule has 0 atom stereocenters. The minimum atomic E-state index is 0.823. The van der Waals surface area contributed by atoms with E-state index in [-0.39, 0.29) is 0 Å². The number of nitrogens with zero attached hydrogens (tertiary/aromatic N) is 2. The molecule has 110 valence electrons. The van der Waals surface area contributed by atoms with E-state index < -0.39 is 0 Å². The molecule has 1 heterocycles. The van der Waals surface area contributed by atoms with Crippen LogP contribution in [0.15, 0.2) is 24.3 Å². The van der Waals surface area contributed by atoms with Crippen molar-refractivity contribution in [2.75, 3.05) is 58.4 Å². The number of rotatable bonds is 5. The van der Waals surface area contributed by atoms with Crippen LogP contribution in [0.5, 0.6) is 0 Å². The quantitative estimate of drug-likeness (QED) is 0.827. The van der Waals surface area contributed by atoms with E-state index in [4.69, 9.17) is 17.0 Å². The predicted octanol–water partition coefficient (Wildman–Crippen LogP) is 1.35. The van der Waals surface area contributed by atoms with E-state index in [1.165, 1.54) is 5.69 Å². The molecule has 1 fully saturated rings. The van der Waals surface area contributed by atoms with Crippen molar-refractivity contribution in [1.82, 2.24) is 10.2 Å². The molecule has 5 heteroatoms. The van der Waals surface area contributed by atoms with Gasteiger partial charge in [-0.25, -0.2) is 0 Å². The Bertz CT molecular complexity index is 427. The minimum absolute atomic E-state index is 0.823. The van der Waals surface area contributed by atoms with Gasteiger partial charge in [0.25, 0.3) is 0 Å². The second-order valence-corrected chi connectivity index (χ2v) is 5.56. The molecule has 0 spiro atoms. The number of thiocarbonyl (C=S) groups is 1. The van der Waals surface area contributed by atoms with Gasteiger partial charge in [0, 0.05) is 51.5 Å². The van der Waals surface area contributed by atoms with Crippen molar-refractivity contribution >= 4 is 22.9 Å². The Morgan fingerprint density at radius 1 is 1.25 bits per heavy atom. The molecule has 0 amide bonds. The van der Waals surface area contributed by atoms with Gasteiger partial charge < -0.3 is 15.0 Å². The van der Waals surface area contributed by atoms with Crippen LogP contribution in [0.4, 0.5) is 5.69 Å². The lowest BCUT2D eigenvalue weighted by atomic mass is 10.2. The third kappa shape index (κ3) is 4.44. The molecule has 1 aromatic carbocycles. The Labute approximate surface area is 126 Å². The van der Waals surface area contributed by atoms with Crippen LogP contribution in [-0.2, 0) is 4.74 Å². The van der Waals surface area contributed by atoms with Crippen molar-refractivity contribution in [3.05, 3.63) is 29.8 Å². The van der Waals surface area contributed by atoms with Crippen LogP contribution in [0, 0.1) is 0 Å². The zero-order valence-corrected chi connectivity index (χ0v) is 13.1. The van der Waals surface area contributed by atoms with E-state index in [1.54, 1.807) is 0 Å². The first-order chi connectivity index (χ1) is 9.66. The fourth-order valence-electron chi connectivity index (χ4n) is 2.17. The monoisotopic (exact) mass is 293 g/mol. The van der Waals surface area contributed by atoms with E-state index in [0.29, 0.717) is 0 Å². The first-order valence-electron chi connectivity index (χ1n) is 7.02. The van der Waals surface area contributed by atoms with Gasteiger partial charge in [-0.2, -0.15) is 0 Å². The van der Waals surface area contributed by atoms with Crippen molar-refractivity contribution in [3.63, 3.8) is 0 Å². The summed E-state index contributed by atoms with van der Waals surface area (Å²) in [6, 6.07) is 8.31.